The molecule has 0 heterocycles. The van der Waals surface area contributed by atoms with Crippen LogP contribution in [0.25, 0.3) is 0 Å². The van der Waals surface area contributed by atoms with E-state index >= 15 is 0 Å². The molecule has 0 spiro atoms. The lowest BCUT2D eigenvalue weighted by Gasteiger charge is -2.09. The summed E-state index contributed by atoms with van der Waals surface area (Å²) in [6, 6.07) is -1.81. The molecule has 0 saturated carbocycles. The van der Waals surface area contributed by atoms with E-state index in [2.05, 4.69) is 21.3 Å². The van der Waals surface area contributed by atoms with Crippen LogP contribution in [0.4, 0.5) is 0 Å². The van der Waals surface area contributed by atoms with E-state index in [9.17, 15) is 28.8 Å². The van der Waals surface area contributed by atoms with Gasteiger partial charge in [-0.2, -0.15) is 0 Å². The highest BCUT2D eigenvalue weighted by atomic mass is 16.5. The minimum Gasteiger partial charge on any atom is -0.480 e. The van der Waals surface area contributed by atoms with Crippen LogP contribution in [0.15, 0.2) is 0 Å². The first kappa shape index (κ1) is 35.7. The lowest BCUT2D eigenvalue weighted by molar-refractivity contribution is -0.139. The molecule has 0 rings (SSSR count). The summed E-state index contributed by atoms with van der Waals surface area (Å²) in [5.41, 5.74) is 10.8. The van der Waals surface area contributed by atoms with Crippen molar-refractivity contribution in [2.45, 2.75) is 76.3 Å². The molecule has 0 fully saturated rings. The fraction of sp³-hybridized carbons (Fsp3) is 0.750. The highest BCUT2D eigenvalue weighted by Gasteiger charge is 2.12. The van der Waals surface area contributed by atoms with Gasteiger partial charge < -0.3 is 47.7 Å². The van der Waals surface area contributed by atoms with Gasteiger partial charge in [-0.15, -0.1) is 0 Å². The van der Waals surface area contributed by atoms with Crippen LogP contribution in [0.1, 0.15) is 64.2 Å². The molecule has 224 valence electrons. The predicted octanol–water partition coefficient (Wildman–Crippen LogP) is -1.81. The van der Waals surface area contributed by atoms with E-state index in [-0.39, 0.29) is 75.6 Å². The third-order valence-electron chi connectivity index (χ3n) is 5.46. The predicted molar refractivity (Wildman–Crippen MR) is 140 cm³/mol. The minimum absolute atomic E-state index is 0.0260. The van der Waals surface area contributed by atoms with Gasteiger partial charge in [0.15, 0.2) is 0 Å². The molecule has 10 N–H and O–H groups in total. The molecule has 0 aromatic rings. The second-order valence-corrected chi connectivity index (χ2v) is 8.89. The number of rotatable bonds is 24. The smallest absolute Gasteiger partial charge is 0.320 e. The number of carbonyl (C=O) groups excluding carboxylic acids is 4. The second-order valence-electron chi connectivity index (χ2n) is 8.89. The summed E-state index contributed by atoms with van der Waals surface area (Å²) in [7, 11) is 0. The third kappa shape index (κ3) is 22.4. The Hall–Kier alpha value is -3.30. The van der Waals surface area contributed by atoms with Crippen LogP contribution in [0.5, 0.6) is 0 Å². The Balaban J connectivity index is 3.58. The number of amides is 4. The Morgan fingerprint density at radius 1 is 0.538 bits per heavy atom. The molecule has 0 bridgehead atoms. The summed E-state index contributed by atoms with van der Waals surface area (Å²) in [5, 5.41) is 28.0. The molecule has 0 aromatic carbocycles. The van der Waals surface area contributed by atoms with Gasteiger partial charge in [-0.05, 0) is 38.5 Å². The highest BCUT2D eigenvalue weighted by molar-refractivity contribution is 5.84. The normalized spacial score (nSPS) is 12.2. The molecular formula is C24H44N6O9. The lowest BCUT2D eigenvalue weighted by atomic mass is 10.1. The molecule has 15 heteroatoms. The first-order chi connectivity index (χ1) is 18.5. The summed E-state index contributed by atoms with van der Waals surface area (Å²) in [5.74, 6) is -3.23. The van der Waals surface area contributed by atoms with Gasteiger partial charge in [-0.3, -0.25) is 28.8 Å². The number of carboxylic acid groups (broad SMARTS) is 2. The van der Waals surface area contributed by atoms with Crippen LogP contribution in [0.3, 0.4) is 0 Å². The zero-order valence-corrected chi connectivity index (χ0v) is 22.4. The molecule has 0 aliphatic heterocycles. The average molecular weight is 561 g/mol. The first-order valence-electron chi connectivity index (χ1n) is 13.1. The van der Waals surface area contributed by atoms with Gasteiger partial charge in [0.2, 0.25) is 23.6 Å². The Kier molecular flexibility index (Phi) is 20.7. The van der Waals surface area contributed by atoms with Crippen LogP contribution in [-0.2, 0) is 33.5 Å². The summed E-state index contributed by atoms with van der Waals surface area (Å²) in [6.07, 6.45) is 3.13. The topological polar surface area (TPSA) is 252 Å². The monoisotopic (exact) mass is 560 g/mol. The van der Waals surface area contributed by atoms with E-state index in [0.717, 1.165) is 0 Å². The first-order valence-corrected chi connectivity index (χ1v) is 13.1. The number of aliphatic carboxylic acids is 2. The van der Waals surface area contributed by atoms with E-state index in [0.29, 0.717) is 51.6 Å². The number of unbranched alkanes of at least 4 members (excludes halogenated alkanes) is 2. The van der Waals surface area contributed by atoms with Crippen LogP contribution in [-0.4, -0.2) is 97.3 Å². The fourth-order valence-corrected chi connectivity index (χ4v) is 3.12. The molecular weight excluding hydrogens is 516 g/mol. The quantitative estimate of drug-likeness (QED) is 0.0611. The van der Waals surface area contributed by atoms with Crippen LogP contribution < -0.4 is 32.7 Å². The summed E-state index contributed by atoms with van der Waals surface area (Å²) in [6.45, 7) is 1.73. The number of nitrogens with two attached hydrogens (primary N) is 2. The fourth-order valence-electron chi connectivity index (χ4n) is 3.12. The van der Waals surface area contributed by atoms with Crippen LogP contribution >= 0.6 is 0 Å². The van der Waals surface area contributed by atoms with Crippen LogP contribution in [0, 0.1) is 0 Å². The SMILES string of the molecule is NC(CCCCNC(=O)CCC(=O)NCCOCCNC(=O)CCC(=O)NCCCCC(N)C(=O)O)C(=O)O. The van der Waals surface area contributed by atoms with E-state index in [1.807, 2.05) is 0 Å². The van der Waals surface area contributed by atoms with Gasteiger partial charge in [0.05, 0.1) is 13.2 Å². The van der Waals surface area contributed by atoms with Gasteiger partial charge in [0, 0.05) is 51.9 Å². The number of carbonyl (C=O) groups is 6. The number of ether oxygens (including phenoxy) is 1. The van der Waals surface area contributed by atoms with Crippen molar-refractivity contribution in [3.63, 3.8) is 0 Å². The number of carboxylic acids is 2. The maximum atomic E-state index is 11.8. The molecule has 4 amide bonds. The maximum absolute atomic E-state index is 11.8. The molecule has 0 saturated heterocycles. The van der Waals surface area contributed by atoms with Crippen molar-refractivity contribution < 1.29 is 43.7 Å². The van der Waals surface area contributed by atoms with E-state index < -0.39 is 24.0 Å². The van der Waals surface area contributed by atoms with Gasteiger partial charge in [0.1, 0.15) is 12.1 Å². The molecule has 0 aliphatic rings. The van der Waals surface area contributed by atoms with E-state index in [1.54, 1.807) is 0 Å². The molecule has 15 nitrogen and oxygen atoms in total. The Labute approximate surface area is 228 Å². The number of hydrogen-bond acceptors (Lipinski definition) is 9. The average Bonchev–Trinajstić information content (AvgIpc) is 2.89. The van der Waals surface area contributed by atoms with Crippen LogP contribution in [0.2, 0.25) is 0 Å². The van der Waals surface area contributed by atoms with Crippen molar-refractivity contribution in [2.24, 2.45) is 11.5 Å². The molecule has 2 atom stereocenters. The van der Waals surface area contributed by atoms with Crippen molar-refractivity contribution >= 4 is 35.6 Å². The van der Waals surface area contributed by atoms with E-state index in [4.69, 9.17) is 26.4 Å². The van der Waals surface area contributed by atoms with Gasteiger partial charge >= 0.3 is 11.9 Å². The third-order valence-corrected chi connectivity index (χ3v) is 5.46. The molecule has 0 aromatic heterocycles. The molecule has 0 radical (unpaired) electrons. The standard InChI is InChI=1S/C24H44N6O9/c25-17(23(35)36)5-1-3-11-27-19(31)7-9-21(33)29-13-15-39-16-14-30-22(34)10-8-20(32)28-12-4-2-6-18(26)24(37)38/h17-18H,1-16,25-26H2,(H,27,31)(H,28,32)(H,29,33)(H,30,34)(H,35,36)(H,37,38). The van der Waals surface area contributed by atoms with Gasteiger partial charge in [-0.25, -0.2) is 0 Å². The minimum atomic E-state index is -1.05. The van der Waals surface area contributed by atoms with Crippen molar-refractivity contribution in [3.8, 4) is 0 Å². The van der Waals surface area contributed by atoms with Gasteiger partial charge in [0.25, 0.3) is 0 Å². The zero-order chi connectivity index (χ0) is 29.5. The van der Waals surface area contributed by atoms with Gasteiger partial charge in [-0.1, -0.05) is 0 Å². The summed E-state index contributed by atoms with van der Waals surface area (Å²) >= 11 is 0. The zero-order valence-electron chi connectivity index (χ0n) is 22.4. The number of nitrogens with one attached hydrogen (secondary N) is 4. The van der Waals surface area contributed by atoms with Crippen molar-refractivity contribution in [2.75, 3.05) is 39.4 Å². The van der Waals surface area contributed by atoms with Crippen molar-refractivity contribution in [3.05, 3.63) is 0 Å². The Bertz CT molecular complexity index is 719. The molecule has 0 aliphatic carbocycles. The van der Waals surface area contributed by atoms with Crippen molar-refractivity contribution in [1.29, 1.82) is 0 Å². The summed E-state index contributed by atoms with van der Waals surface area (Å²) in [4.78, 5) is 68.3. The largest absolute Gasteiger partial charge is 0.480 e. The Morgan fingerprint density at radius 2 is 0.846 bits per heavy atom. The molecule has 39 heavy (non-hydrogen) atoms. The maximum Gasteiger partial charge on any atom is 0.320 e. The Morgan fingerprint density at radius 3 is 1.15 bits per heavy atom. The van der Waals surface area contributed by atoms with E-state index in [1.165, 1.54) is 0 Å². The summed E-state index contributed by atoms with van der Waals surface area (Å²) < 4.78 is 5.32. The molecule has 2 unspecified atom stereocenters. The highest BCUT2D eigenvalue weighted by Crippen LogP contribution is 2.00. The van der Waals surface area contributed by atoms with Crippen molar-refractivity contribution in [1.82, 2.24) is 21.3 Å². The number of hydrogen-bond donors (Lipinski definition) is 8. The second kappa shape index (κ2) is 22.7. The lowest BCUT2D eigenvalue weighted by Crippen LogP contribution is -2.32.